The van der Waals surface area contributed by atoms with Gasteiger partial charge in [0.25, 0.3) is 0 Å². The Bertz CT molecular complexity index is 1380. The Kier molecular flexibility index (Phi) is 7.26. The van der Waals surface area contributed by atoms with Gasteiger partial charge in [-0.05, 0) is 55.2 Å². The number of anilines is 1. The Morgan fingerprint density at radius 2 is 1.97 bits per heavy atom. The molecular formula is C27H29ClN4O3. The van der Waals surface area contributed by atoms with Crippen molar-refractivity contribution in [3.05, 3.63) is 70.6 Å². The van der Waals surface area contributed by atoms with E-state index in [1.807, 2.05) is 31.2 Å². The van der Waals surface area contributed by atoms with E-state index in [0.717, 1.165) is 39.2 Å². The van der Waals surface area contributed by atoms with Crippen LogP contribution in [0.1, 0.15) is 35.5 Å². The molecule has 0 fully saturated rings. The fourth-order valence-electron chi connectivity index (χ4n) is 4.38. The Balaban J connectivity index is 1.54. The number of fused-ring (bicyclic) bond motifs is 1. The molecule has 0 saturated carbocycles. The summed E-state index contributed by atoms with van der Waals surface area (Å²) >= 11 is 6.51. The lowest BCUT2D eigenvalue weighted by atomic mass is 9.95. The summed E-state index contributed by atoms with van der Waals surface area (Å²) in [6.07, 6.45) is 2.20. The summed E-state index contributed by atoms with van der Waals surface area (Å²) in [6.45, 7) is 7.51. The van der Waals surface area contributed by atoms with Crippen LogP contribution >= 0.6 is 11.6 Å². The highest BCUT2D eigenvalue weighted by molar-refractivity contribution is 6.35. The third-order valence-corrected chi connectivity index (χ3v) is 6.27. The van der Waals surface area contributed by atoms with Gasteiger partial charge in [0.05, 0.1) is 28.9 Å². The van der Waals surface area contributed by atoms with Crippen molar-refractivity contribution < 1.29 is 14.6 Å². The SMILES string of the molecule is COc1ccc(Cl)c2c1cc(C)n2CCNc1cc(-c2ccc(C(=O)O)c(CC(C)C)c2)ncn1. The molecule has 4 rings (SSSR count). The molecule has 0 aliphatic rings. The second-order valence-electron chi connectivity index (χ2n) is 8.94. The Morgan fingerprint density at radius 3 is 2.69 bits per heavy atom. The molecule has 2 heterocycles. The average molecular weight is 493 g/mol. The molecule has 2 aromatic carbocycles. The van der Waals surface area contributed by atoms with E-state index in [2.05, 4.69) is 39.8 Å². The molecule has 0 radical (unpaired) electrons. The van der Waals surface area contributed by atoms with Crippen LogP contribution < -0.4 is 10.1 Å². The molecule has 0 unspecified atom stereocenters. The van der Waals surface area contributed by atoms with Crippen LogP contribution in [-0.2, 0) is 13.0 Å². The zero-order chi connectivity index (χ0) is 25.1. The number of benzene rings is 2. The van der Waals surface area contributed by atoms with Gasteiger partial charge in [-0.15, -0.1) is 0 Å². The molecule has 2 N–H and O–H groups in total. The normalized spacial score (nSPS) is 11.3. The van der Waals surface area contributed by atoms with Crippen LogP contribution in [0.2, 0.25) is 5.02 Å². The van der Waals surface area contributed by atoms with Crippen molar-refractivity contribution in [1.29, 1.82) is 0 Å². The highest BCUT2D eigenvalue weighted by atomic mass is 35.5. The van der Waals surface area contributed by atoms with Crippen LogP contribution in [0.3, 0.4) is 0 Å². The first-order chi connectivity index (χ1) is 16.8. The molecular weight excluding hydrogens is 464 g/mol. The van der Waals surface area contributed by atoms with Gasteiger partial charge in [0.2, 0.25) is 0 Å². The number of hydrogen-bond donors (Lipinski definition) is 2. The van der Waals surface area contributed by atoms with Gasteiger partial charge in [0.1, 0.15) is 17.9 Å². The predicted molar refractivity (Wildman–Crippen MR) is 140 cm³/mol. The molecule has 182 valence electrons. The third kappa shape index (κ3) is 5.25. The number of methoxy groups -OCH3 is 1. The molecule has 7 nitrogen and oxygen atoms in total. The summed E-state index contributed by atoms with van der Waals surface area (Å²) in [7, 11) is 1.66. The molecule has 0 atom stereocenters. The quantitative estimate of drug-likeness (QED) is 0.294. The van der Waals surface area contributed by atoms with E-state index in [1.54, 1.807) is 19.2 Å². The summed E-state index contributed by atoms with van der Waals surface area (Å²) in [5, 5.41) is 14.6. The summed E-state index contributed by atoms with van der Waals surface area (Å²) in [5.41, 5.74) is 4.78. The number of hydrogen-bond acceptors (Lipinski definition) is 5. The minimum absolute atomic E-state index is 0.333. The molecule has 0 saturated heterocycles. The van der Waals surface area contributed by atoms with Gasteiger partial charge in [0, 0.05) is 35.8 Å². The van der Waals surface area contributed by atoms with Gasteiger partial charge in [0.15, 0.2) is 0 Å². The van der Waals surface area contributed by atoms with Gasteiger partial charge in [-0.3, -0.25) is 0 Å². The first-order valence-electron chi connectivity index (χ1n) is 11.5. The van der Waals surface area contributed by atoms with Crippen molar-refractivity contribution in [2.45, 2.75) is 33.7 Å². The van der Waals surface area contributed by atoms with Gasteiger partial charge in [-0.25, -0.2) is 14.8 Å². The molecule has 0 spiro atoms. The summed E-state index contributed by atoms with van der Waals surface area (Å²) in [5.74, 6) is 0.918. The Labute approximate surface area is 209 Å². The fraction of sp³-hybridized carbons (Fsp3) is 0.296. The van der Waals surface area contributed by atoms with E-state index in [4.69, 9.17) is 16.3 Å². The number of carboxylic acids is 1. The van der Waals surface area contributed by atoms with Gasteiger partial charge in [-0.2, -0.15) is 0 Å². The molecule has 0 aliphatic carbocycles. The van der Waals surface area contributed by atoms with Gasteiger partial charge in [-0.1, -0.05) is 31.5 Å². The minimum Gasteiger partial charge on any atom is -0.496 e. The lowest BCUT2D eigenvalue weighted by Crippen LogP contribution is -2.12. The molecule has 2 aromatic heterocycles. The van der Waals surface area contributed by atoms with Crippen molar-refractivity contribution in [3.63, 3.8) is 0 Å². The molecule has 0 bridgehead atoms. The molecule has 8 heteroatoms. The van der Waals surface area contributed by atoms with Crippen LogP contribution in [-0.4, -0.2) is 39.3 Å². The van der Waals surface area contributed by atoms with Gasteiger partial charge < -0.3 is 19.7 Å². The number of aromatic carboxylic acids is 1. The first-order valence-corrected chi connectivity index (χ1v) is 11.9. The topological polar surface area (TPSA) is 89.3 Å². The average Bonchev–Trinajstić information content (AvgIpc) is 3.16. The van der Waals surface area contributed by atoms with Crippen molar-refractivity contribution in [1.82, 2.24) is 14.5 Å². The smallest absolute Gasteiger partial charge is 0.335 e. The van der Waals surface area contributed by atoms with Crippen LogP contribution in [0.4, 0.5) is 5.82 Å². The predicted octanol–water partition coefficient (Wildman–Crippen LogP) is 6.08. The fourth-order valence-corrected chi connectivity index (χ4v) is 4.65. The van der Waals surface area contributed by atoms with Crippen molar-refractivity contribution in [3.8, 4) is 17.0 Å². The summed E-state index contributed by atoms with van der Waals surface area (Å²) in [4.78, 5) is 20.4. The maximum Gasteiger partial charge on any atom is 0.335 e. The monoisotopic (exact) mass is 492 g/mol. The second-order valence-corrected chi connectivity index (χ2v) is 9.35. The Hall–Kier alpha value is -3.58. The van der Waals surface area contributed by atoms with Crippen LogP contribution in [0.25, 0.3) is 22.2 Å². The van der Waals surface area contributed by atoms with E-state index in [9.17, 15) is 9.90 Å². The van der Waals surface area contributed by atoms with Crippen molar-refractivity contribution in [2.24, 2.45) is 5.92 Å². The highest BCUT2D eigenvalue weighted by Gasteiger charge is 2.15. The molecule has 0 aliphatic heterocycles. The summed E-state index contributed by atoms with van der Waals surface area (Å²) < 4.78 is 7.66. The molecule has 0 amide bonds. The Morgan fingerprint density at radius 1 is 1.17 bits per heavy atom. The number of nitrogens with one attached hydrogen (secondary N) is 1. The number of aromatic nitrogens is 3. The second kappa shape index (κ2) is 10.4. The highest BCUT2D eigenvalue weighted by Crippen LogP contribution is 2.34. The zero-order valence-corrected chi connectivity index (χ0v) is 21.1. The number of halogens is 1. The number of rotatable bonds is 9. The number of ether oxygens (including phenoxy) is 1. The van der Waals surface area contributed by atoms with E-state index < -0.39 is 5.97 Å². The maximum absolute atomic E-state index is 11.6. The largest absolute Gasteiger partial charge is 0.496 e. The molecule has 35 heavy (non-hydrogen) atoms. The number of aryl methyl sites for hydroxylation is 1. The maximum atomic E-state index is 11.6. The standard InChI is InChI=1S/C27H29ClN4O3/c1-16(2)11-19-13-18(5-6-20(19)27(33)34)23-14-25(31-15-30-23)29-9-10-32-17(3)12-21-24(35-4)8-7-22(28)26(21)32/h5-8,12-16H,9-11H2,1-4H3,(H,33,34)(H,29,30,31). The van der Waals surface area contributed by atoms with Crippen LogP contribution in [0.5, 0.6) is 5.75 Å². The third-order valence-electron chi connectivity index (χ3n) is 5.96. The number of nitrogens with zero attached hydrogens (tertiary/aromatic N) is 3. The van der Waals surface area contributed by atoms with Gasteiger partial charge >= 0.3 is 5.97 Å². The van der Waals surface area contributed by atoms with Crippen molar-refractivity contribution >= 4 is 34.3 Å². The van der Waals surface area contributed by atoms with E-state index in [0.29, 0.717) is 41.8 Å². The minimum atomic E-state index is -0.914. The van der Waals surface area contributed by atoms with E-state index in [-0.39, 0.29) is 0 Å². The van der Waals surface area contributed by atoms with Crippen LogP contribution in [0, 0.1) is 12.8 Å². The number of carboxylic acid groups (broad SMARTS) is 1. The summed E-state index contributed by atoms with van der Waals surface area (Å²) in [6, 6.07) is 13.1. The lowest BCUT2D eigenvalue weighted by Gasteiger charge is -2.13. The lowest BCUT2D eigenvalue weighted by molar-refractivity contribution is 0.0695. The zero-order valence-electron chi connectivity index (χ0n) is 20.3. The van der Waals surface area contributed by atoms with Crippen LogP contribution in [0.15, 0.2) is 48.8 Å². The van der Waals surface area contributed by atoms with E-state index >= 15 is 0 Å². The van der Waals surface area contributed by atoms with Crippen molar-refractivity contribution in [2.75, 3.05) is 19.0 Å². The van der Waals surface area contributed by atoms with E-state index in [1.165, 1.54) is 6.33 Å². The first kappa shape index (κ1) is 24.5. The molecule has 4 aromatic rings. The number of carbonyl (C=O) groups is 1.